The maximum atomic E-state index is 9.59. The third-order valence-corrected chi connectivity index (χ3v) is 3.18. The molecular weight excluding hydrogens is 258 g/mol. The number of hydrogen-bond donors (Lipinski definition) is 1. The molecule has 0 amide bonds. The number of rotatable bonds is 9. The molecule has 0 bridgehead atoms. The van der Waals surface area contributed by atoms with E-state index in [2.05, 4.69) is 25.5 Å². The summed E-state index contributed by atoms with van der Waals surface area (Å²) in [5.41, 5.74) is 0. The van der Waals surface area contributed by atoms with Gasteiger partial charge in [0, 0.05) is 5.88 Å². The number of alkyl halides is 1. The van der Waals surface area contributed by atoms with Gasteiger partial charge in [0.05, 0.1) is 45.4 Å². The number of carboxylic acid groups (broad SMARTS) is 1. The molecule has 1 N–H and O–H groups in total. The van der Waals surface area contributed by atoms with Crippen LogP contribution in [0.5, 0.6) is 0 Å². The zero-order valence-corrected chi connectivity index (χ0v) is 12.4. The molecule has 6 heteroatoms. The van der Waals surface area contributed by atoms with Crippen LogP contribution < -0.4 is 5.11 Å². The highest BCUT2D eigenvalue weighted by atomic mass is 35.5. The summed E-state index contributed by atoms with van der Waals surface area (Å²) in [6, 6.07) is 0. The topological polar surface area (TPSA) is 69.6 Å². The zero-order valence-electron chi connectivity index (χ0n) is 11.7. The maximum Gasteiger partial charge on any atom is 0.102 e. The predicted octanol–water partition coefficient (Wildman–Crippen LogP) is -0.153. The molecule has 18 heavy (non-hydrogen) atoms. The van der Waals surface area contributed by atoms with Gasteiger partial charge in [-0.3, -0.25) is 0 Å². The summed E-state index contributed by atoms with van der Waals surface area (Å²) in [6.07, 6.45) is 0. The lowest BCUT2D eigenvalue weighted by atomic mass is 10.3. The lowest BCUT2D eigenvalue weighted by molar-refractivity contribution is -0.923. The van der Waals surface area contributed by atoms with Crippen LogP contribution in [0.4, 0.5) is 0 Å². The monoisotopic (exact) mass is 283 g/mol. The van der Waals surface area contributed by atoms with Crippen molar-refractivity contribution in [1.29, 1.82) is 0 Å². The van der Waals surface area contributed by atoms with Crippen molar-refractivity contribution in [2.45, 2.75) is 20.8 Å². The highest BCUT2D eigenvalue weighted by Gasteiger charge is 2.18. The van der Waals surface area contributed by atoms with Crippen LogP contribution in [-0.4, -0.2) is 67.4 Å². The second-order valence-electron chi connectivity index (χ2n) is 3.85. The standard InChI is InChI=1S/C8H20NO.C4H7ClO3/c1-4-9(5-2,6-3)7-8-10;5-1-2-8-3-4(6)7/h10H,4-8H2,1-3H3;1-3H2,(H,6,7)/q+1;/p-1. The largest absolute Gasteiger partial charge is 0.548 e. The van der Waals surface area contributed by atoms with Crippen molar-refractivity contribution in [2.24, 2.45) is 0 Å². The molecule has 0 aromatic heterocycles. The van der Waals surface area contributed by atoms with Gasteiger partial charge in [-0.25, -0.2) is 0 Å². The van der Waals surface area contributed by atoms with Gasteiger partial charge in [-0.15, -0.1) is 11.6 Å². The first-order valence-electron chi connectivity index (χ1n) is 6.31. The van der Waals surface area contributed by atoms with E-state index >= 15 is 0 Å². The van der Waals surface area contributed by atoms with E-state index in [0.717, 1.165) is 30.7 Å². The summed E-state index contributed by atoms with van der Waals surface area (Å²) in [5, 5.41) is 18.4. The summed E-state index contributed by atoms with van der Waals surface area (Å²) in [5.74, 6) is -0.900. The second-order valence-corrected chi connectivity index (χ2v) is 4.23. The first kappa shape index (κ1) is 20.0. The van der Waals surface area contributed by atoms with Gasteiger partial charge in [0.15, 0.2) is 0 Å². The van der Waals surface area contributed by atoms with Crippen LogP contribution in [-0.2, 0) is 9.53 Å². The van der Waals surface area contributed by atoms with Crippen LogP contribution in [0.25, 0.3) is 0 Å². The Bertz CT molecular complexity index is 190. The number of aliphatic hydroxyl groups excluding tert-OH is 1. The summed E-state index contributed by atoms with van der Waals surface area (Å²) < 4.78 is 5.50. The first-order chi connectivity index (χ1) is 8.51. The number of halogens is 1. The number of nitrogens with zero attached hydrogens (tertiary/aromatic N) is 1. The smallest absolute Gasteiger partial charge is 0.102 e. The Balaban J connectivity index is 0. The molecule has 0 saturated carbocycles. The van der Waals surface area contributed by atoms with Gasteiger partial charge < -0.3 is 24.2 Å². The number of carbonyl (C=O) groups excluding carboxylic acids is 1. The number of ether oxygens (including phenoxy) is 1. The van der Waals surface area contributed by atoms with Gasteiger partial charge in [0.2, 0.25) is 0 Å². The molecule has 5 nitrogen and oxygen atoms in total. The summed E-state index contributed by atoms with van der Waals surface area (Å²) in [6.45, 7) is 11.1. The van der Waals surface area contributed by atoms with Crippen LogP contribution >= 0.6 is 11.6 Å². The van der Waals surface area contributed by atoms with Gasteiger partial charge in [-0.1, -0.05) is 0 Å². The van der Waals surface area contributed by atoms with Crippen molar-refractivity contribution in [1.82, 2.24) is 0 Å². The number of carboxylic acids is 1. The van der Waals surface area contributed by atoms with E-state index in [4.69, 9.17) is 16.7 Å². The van der Waals surface area contributed by atoms with E-state index in [1.54, 1.807) is 0 Å². The molecule has 0 spiro atoms. The van der Waals surface area contributed by atoms with Gasteiger partial charge in [0.25, 0.3) is 0 Å². The molecule has 0 aromatic rings. The molecule has 0 fully saturated rings. The summed E-state index contributed by atoms with van der Waals surface area (Å²) in [7, 11) is 0. The molecule has 0 heterocycles. The second kappa shape index (κ2) is 13.1. The van der Waals surface area contributed by atoms with E-state index in [9.17, 15) is 9.90 Å². The minimum atomic E-state index is -1.21. The molecule has 0 rings (SSSR count). The number of hydrogen-bond acceptors (Lipinski definition) is 4. The quantitative estimate of drug-likeness (QED) is 0.363. The van der Waals surface area contributed by atoms with E-state index in [1.807, 2.05) is 0 Å². The van der Waals surface area contributed by atoms with Crippen LogP contribution in [0.1, 0.15) is 20.8 Å². The fourth-order valence-corrected chi connectivity index (χ4v) is 1.68. The normalized spacial score (nSPS) is 10.7. The Kier molecular flexibility index (Phi) is 14.5. The van der Waals surface area contributed by atoms with E-state index in [-0.39, 0.29) is 13.2 Å². The van der Waals surface area contributed by atoms with Gasteiger partial charge >= 0.3 is 0 Å². The molecule has 0 radical (unpaired) electrons. The van der Waals surface area contributed by atoms with Crippen molar-refractivity contribution in [3.8, 4) is 0 Å². The van der Waals surface area contributed by atoms with Crippen molar-refractivity contribution < 1.29 is 24.2 Å². The fourth-order valence-electron chi connectivity index (χ4n) is 1.57. The van der Waals surface area contributed by atoms with Crippen LogP contribution in [0.2, 0.25) is 0 Å². The van der Waals surface area contributed by atoms with E-state index < -0.39 is 5.97 Å². The van der Waals surface area contributed by atoms with Crippen molar-refractivity contribution in [3.63, 3.8) is 0 Å². The molecular formula is C12H26ClNO4. The number of carbonyl (C=O) groups is 1. The Morgan fingerprint density at radius 2 is 1.78 bits per heavy atom. The Labute approximate surface area is 115 Å². The third kappa shape index (κ3) is 10.8. The third-order valence-electron chi connectivity index (χ3n) is 3.03. The van der Waals surface area contributed by atoms with Crippen molar-refractivity contribution in [2.75, 3.05) is 51.9 Å². The Morgan fingerprint density at radius 3 is 2.00 bits per heavy atom. The highest BCUT2D eigenvalue weighted by molar-refractivity contribution is 6.17. The maximum absolute atomic E-state index is 9.59. The highest BCUT2D eigenvalue weighted by Crippen LogP contribution is 2.03. The lowest BCUT2D eigenvalue weighted by Crippen LogP contribution is -2.49. The summed E-state index contributed by atoms with van der Waals surface area (Å²) in [4.78, 5) is 9.59. The van der Waals surface area contributed by atoms with Crippen LogP contribution in [0.15, 0.2) is 0 Å². The van der Waals surface area contributed by atoms with Crippen molar-refractivity contribution >= 4 is 17.6 Å². The molecule has 0 saturated heterocycles. The van der Waals surface area contributed by atoms with Crippen LogP contribution in [0, 0.1) is 0 Å². The SMILES string of the molecule is CC[N+](CC)(CC)CCO.O=C([O-])COCCCl. The molecule has 0 aromatic carbocycles. The molecule has 0 unspecified atom stereocenters. The van der Waals surface area contributed by atoms with Gasteiger partial charge in [0.1, 0.15) is 6.54 Å². The van der Waals surface area contributed by atoms with Crippen molar-refractivity contribution in [3.05, 3.63) is 0 Å². The van der Waals surface area contributed by atoms with Crippen LogP contribution in [0.3, 0.4) is 0 Å². The summed E-state index contributed by atoms with van der Waals surface area (Å²) >= 11 is 5.15. The molecule has 110 valence electrons. The molecule has 0 aliphatic rings. The lowest BCUT2D eigenvalue weighted by Gasteiger charge is -2.34. The average molecular weight is 284 g/mol. The van der Waals surface area contributed by atoms with Gasteiger partial charge in [-0.2, -0.15) is 0 Å². The zero-order chi connectivity index (χ0) is 14.4. The first-order valence-corrected chi connectivity index (χ1v) is 6.84. The van der Waals surface area contributed by atoms with Gasteiger partial charge in [-0.05, 0) is 20.8 Å². The number of quaternary nitrogens is 1. The minimum Gasteiger partial charge on any atom is -0.548 e. The average Bonchev–Trinajstić information content (AvgIpc) is 2.37. The Hall–Kier alpha value is -0.360. The molecule has 0 atom stereocenters. The number of aliphatic hydroxyl groups is 1. The molecule has 0 aliphatic carbocycles. The molecule has 0 aliphatic heterocycles. The number of likely N-dealkylation sites (N-methyl/N-ethyl adjacent to an activating group) is 1. The van der Waals surface area contributed by atoms with E-state index in [0.29, 0.717) is 12.5 Å². The van der Waals surface area contributed by atoms with E-state index in [1.165, 1.54) is 0 Å². The fraction of sp³-hybridized carbons (Fsp3) is 0.917. The number of aliphatic carboxylic acids is 1. The predicted molar refractivity (Wildman–Crippen MR) is 70.4 cm³/mol. The minimum absolute atomic E-state index is 0.259. The Morgan fingerprint density at radius 1 is 1.28 bits per heavy atom.